The van der Waals surface area contributed by atoms with Crippen LogP contribution in [0.2, 0.25) is 5.02 Å². The quantitative estimate of drug-likeness (QED) is 0.312. The molecule has 0 radical (unpaired) electrons. The van der Waals surface area contributed by atoms with Gasteiger partial charge in [0.25, 0.3) is 16.1 Å². The van der Waals surface area contributed by atoms with Gasteiger partial charge in [-0.1, -0.05) is 29.8 Å². The van der Waals surface area contributed by atoms with Crippen LogP contribution in [0.1, 0.15) is 10.5 Å². The summed E-state index contributed by atoms with van der Waals surface area (Å²) in [6, 6.07) is 18.6. The van der Waals surface area contributed by atoms with Crippen molar-refractivity contribution in [3.05, 3.63) is 83.3 Å². The number of halogens is 2. The first-order valence-corrected chi connectivity index (χ1v) is 13.4. The lowest BCUT2D eigenvalue weighted by atomic mass is 10.00. The van der Waals surface area contributed by atoms with Crippen LogP contribution in [0.3, 0.4) is 0 Å². The number of para-hydroxylation sites is 1. The van der Waals surface area contributed by atoms with Crippen molar-refractivity contribution in [1.82, 2.24) is 14.5 Å². The second-order valence-electron chi connectivity index (χ2n) is 8.85. The summed E-state index contributed by atoms with van der Waals surface area (Å²) >= 11 is 5.79. The van der Waals surface area contributed by atoms with E-state index in [1.54, 1.807) is 25.2 Å². The molecule has 1 aromatic heterocycles. The number of benzene rings is 3. The molecule has 4 aromatic rings. The maximum Gasteiger partial charge on any atom is 0.299 e. The minimum atomic E-state index is -3.80. The monoisotopic (exact) mass is 542 g/mol. The van der Waals surface area contributed by atoms with Gasteiger partial charge in [-0.3, -0.25) is 14.2 Å². The molecule has 1 amide bonds. The number of fused-ring (bicyclic) bond motifs is 1. The van der Waals surface area contributed by atoms with E-state index in [0.29, 0.717) is 28.8 Å². The Hall–Kier alpha value is -3.67. The van der Waals surface area contributed by atoms with Gasteiger partial charge in [-0.25, -0.2) is 4.39 Å². The molecule has 12 heteroatoms. The molecular formula is C25H24ClFN6O3S. The molecule has 9 nitrogen and oxygen atoms in total. The Morgan fingerprint density at radius 2 is 1.81 bits per heavy atom. The number of hydrogen-bond donors (Lipinski definition) is 3. The first-order chi connectivity index (χ1) is 17.7. The molecule has 0 atom stereocenters. The number of carbonyl (C=O) groups excluding carboxylic acids is 1. The van der Waals surface area contributed by atoms with Crippen molar-refractivity contribution in [2.45, 2.75) is 0 Å². The minimum Gasteiger partial charge on any atom is -0.371 e. The maximum absolute atomic E-state index is 13.4. The molecule has 5 rings (SSSR count). The van der Waals surface area contributed by atoms with Crippen LogP contribution in [0.15, 0.2) is 66.7 Å². The van der Waals surface area contributed by atoms with E-state index in [4.69, 9.17) is 11.6 Å². The van der Waals surface area contributed by atoms with Crippen LogP contribution in [0, 0.1) is 11.7 Å². The zero-order valence-electron chi connectivity index (χ0n) is 19.8. The molecule has 0 bridgehead atoms. The molecule has 37 heavy (non-hydrogen) atoms. The fourth-order valence-corrected chi connectivity index (χ4v) is 5.41. The number of amides is 1. The van der Waals surface area contributed by atoms with E-state index in [1.807, 2.05) is 30.3 Å². The normalized spacial score (nSPS) is 14.0. The van der Waals surface area contributed by atoms with Crippen molar-refractivity contribution in [2.24, 2.45) is 13.0 Å². The molecule has 1 fully saturated rings. The van der Waals surface area contributed by atoms with Gasteiger partial charge in [0.1, 0.15) is 11.5 Å². The van der Waals surface area contributed by atoms with Crippen LogP contribution in [-0.4, -0.2) is 43.7 Å². The lowest BCUT2D eigenvalue weighted by molar-refractivity contribution is 0.101. The highest BCUT2D eigenvalue weighted by molar-refractivity contribution is 7.90. The predicted octanol–water partition coefficient (Wildman–Crippen LogP) is 4.00. The Morgan fingerprint density at radius 3 is 2.54 bits per heavy atom. The molecule has 1 aliphatic rings. The van der Waals surface area contributed by atoms with Crippen LogP contribution in [0.25, 0.3) is 10.9 Å². The molecule has 0 saturated carbocycles. The summed E-state index contributed by atoms with van der Waals surface area (Å²) in [5, 5.41) is 7.44. The van der Waals surface area contributed by atoms with Gasteiger partial charge in [-0.2, -0.15) is 18.2 Å². The van der Waals surface area contributed by atoms with Crippen molar-refractivity contribution in [3.8, 4) is 0 Å². The van der Waals surface area contributed by atoms with Crippen molar-refractivity contribution < 1.29 is 17.6 Å². The third-order valence-electron chi connectivity index (χ3n) is 6.12. The first-order valence-electron chi connectivity index (χ1n) is 11.5. The summed E-state index contributed by atoms with van der Waals surface area (Å²) in [6.45, 7) is 1.88. The summed E-state index contributed by atoms with van der Waals surface area (Å²) in [7, 11) is -2.19. The van der Waals surface area contributed by atoms with Crippen LogP contribution in [0.5, 0.6) is 0 Å². The van der Waals surface area contributed by atoms with Gasteiger partial charge < -0.3 is 10.2 Å². The Balaban J connectivity index is 1.22. The van der Waals surface area contributed by atoms with Crippen molar-refractivity contribution in [3.63, 3.8) is 0 Å². The Bertz CT molecular complexity index is 1570. The van der Waals surface area contributed by atoms with Gasteiger partial charge in [0.05, 0.1) is 16.2 Å². The predicted molar refractivity (Wildman–Crippen MR) is 143 cm³/mol. The van der Waals surface area contributed by atoms with Crippen LogP contribution >= 0.6 is 11.6 Å². The Morgan fingerprint density at radius 1 is 1.08 bits per heavy atom. The van der Waals surface area contributed by atoms with E-state index in [2.05, 4.69) is 24.8 Å². The van der Waals surface area contributed by atoms with Crippen molar-refractivity contribution in [2.75, 3.05) is 34.6 Å². The SMILES string of the molecule is Cn1nc2cc(NS(=O)(=O)NCC3CN(c4ccccc4)C3)ccc2c1C(=O)Nc1ccc(F)c(Cl)c1. The largest absolute Gasteiger partial charge is 0.371 e. The molecule has 3 N–H and O–H groups in total. The van der Waals surface area contributed by atoms with E-state index in [1.165, 1.54) is 16.8 Å². The van der Waals surface area contributed by atoms with Crippen LogP contribution in [-0.2, 0) is 17.3 Å². The van der Waals surface area contributed by atoms with Crippen molar-refractivity contribution in [1.29, 1.82) is 0 Å². The van der Waals surface area contributed by atoms with Gasteiger partial charge in [0, 0.05) is 49.4 Å². The average Bonchev–Trinajstić information content (AvgIpc) is 3.15. The molecule has 1 aliphatic heterocycles. The van der Waals surface area contributed by atoms with Crippen LogP contribution < -0.4 is 19.7 Å². The lowest BCUT2D eigenvalue weighted by Gasteiger charge is -2.41. The molecule has 0 aliphatic carbocycles. The molecular weight excluding hydrogens is 519 g/mol. The zero-order valence-corrected chi connectivity index (χ0v) is 21.4. The number of aryl methyl sites for hydroxylation is 1. The molecule has 1 saturated heterocycles. The van der Waals surface area contributed by atoms with Gasteiger partial charge in [0.2, 0.25) is 0 Å². The molecule has 0 spiro atoms. The average molecular weight is 543 g/mol. The molecule has 192 valence electrons. The van der Waals surface area contributed by atoms with E-state index in [9.17, 15) is 17.6 Å². The Kier molecular flexibility index (Phi) is 6.76. The summed E-state index contributed by atoms with van der Waals surface area (Å²) in [6.07, 6.45) is 0. The zero-order chi connectivity index (χ0) is 26.2. The molecule has 0 unspecified atom stereocenters. The topological polar surface area (TPSA) is 108 Å². The summed E-state index contributed by atoms with van der Waals surface area (Å²) in [4.78, 5) is 15.1. The maximum atomic E-state index is 13.4. The van der Waals surface area contributed by atoms with Crippen LogP contribution in [0.4, 0.5) is 21.5 Å². The van der Waals surface area contributed by atoms with Gasteiger partial charge in [-0.05, 0) is 48.5 Å². The van der Waals surface area contributed by atoms with Gasteiger partial charge in [-0.15, -0.1) is 0 Å². The molecule has 3 aromatic carbocycles. The number of rotatable bonds is 8. The third-order valence-corrected chi connectivity index (χ3v) is 7.46. The van der Waals surface area contributed by atoms with E-state index >= 15 is 0 Å². The minimum absolute atomic E-state index is 0.107. The molecule has 2 heterocycles. The van der Waals surface area contributed by atoms with Gasteiger partial charge >= 0.3 is 0 Å². The fourth-order valence-electron chi connectivity index (χ4n) is 4.26. The number of aromatic nitrogens is 2. The second-order valence-corrected chi connectivity index (χ2v) is 10.8. The first kappa shape index (κ1) is 25.0. The lowest BCUT2D eigenvalue weighted by Crippen LogP contribution is -2.52. The second kappa shape index (κ2) is 10.0. The summed E-state index contributed by atoms with van der Waals surface area (Å²) in [5.41, 5.74) is 2.46. The summed E-state index contributed by atoms with van der Waals surface area (Å²) < 4.78 is 45.1. The number of carbonyl (C=O) groups is 1. The standard InChI is InChI=1S/C25H24ClFN6O3S/c1-32-24(25(34)29-17-8-10-22(27)21(26)11-17)20-9-7-18(12-23(20)30-32)31-37(35,36)28-13-16-14-33(15-16)19-5-3-2-4-6-19/h2-12,16,28,31H,13-15H2,1H3,(H,29,34). The highest BCUT2D eigenvalue weighted by Crippen LogP contribution is 2.26. The smallest absolute Gasteiger partial charge is 0.299 e. The van der Waals surface area contributed by atoms with E-state index in [-0.39, 0.29) is 16.6 Å². The number of nitrogens with zero attached hydrogens (tertiary/aromatic N) is 3. The Labute approximate surface area is 218 Å². The highest BCUT2D eigenvalue weighted by atomic mass is 35.5. The number of hydrogen-bond acceptors (Lipinski definition) is 5. The fraction of sp³-hybridized carbons (Fsp3) is 0.200. The highest BCUT2D eigenvalue weighted by Gasteiger charge is 2.28. The van der Waals surface area contributed by atoms with E-state index in [0.717, 1.165) is 24.8 Å². The van der Waals surface area contributed by atoms with Gasteiger partial charge in [0.15, 0.2) is 0 Å². The summed E-state index contributed by atoms with van der Waals surface area (Å²) in [5.74, 6) is -0.836. The number of nitrogens with one attached hydrogen (secondary N) is 3. The third kappa shape index (κ3) is 5.53. The number of anilines is 3. The van der Waals surface area contributed by atoms with E-state index < -0.39 is 21.9 Å². The van der Waals surface area contributed by atoms with Crippen molar-refractivity contribution >= 4 is 55.7 Å².